The quantitative estimate of drug-likeness (QED) is 0.129. The summed E-state index contributed by atoms with van der Waals surface area (Å²) >= 11 is 0. The lowest BCUT2D eigenvalue weighted by Gasteiger charge is -2.05. The van der Waals surface area contributed by atoms with Gasteiger partial charge in [-0.25, -0.2) is 0 Å². The monoisotopic (exact) mass is 423 g/mol. The van der Waals surface area contributed by atoms with E-state index in [2.05, 4.69) is 19.2 Å². The van der Waals surface area contributed by atoms with Gasteiger partial charge in [-0.15, -0.1) is 0 Å². The smallest absolute Gasteiger partial charge is 0.00489 e. The van der Waals surface area contributed by atoms with Gasteiger partial charge in [0.15, 0.2) is 0 Å². The van der Waals surface area contributed by atoms with Crippen molar-refractivity contribution in [2.45, 2.75) is 174 Å². The Labute approximate surface area is 193 Å². The van der Waals surface area contributed by atoms with Gasteiger partial charge in [0.05, 0.1) is 0 Å². The van der Waals surface area contributed by atoms with Gasteiger partial charge < -0.3 is 5.32 Å². The maximum Gasteiger partial charge on any atom is -0.00489 e. The lowest BCUT2D eigenvalue weighted by Crippen LogP contribution is -2.16. The molecule has 0 bridgehead atoms. The number of hydrogen-bond acceptors (Lipinski definition) is 1. The Morgan fingerprint density at radius 2 is 0.500 bits per heavy atom. The molecule has 0 aromatic carbocycles. The van der Waals surface area contributed by atoms with Crippen molar-refractivity contribution in [3.63, 3.8) is 0 Å². The van der Waals surface area contributed by atoms with Crippen LogP contribution in [0.25, 0.3) is 0 Å². The van der Waals surface area contributed by atoms with Crippen molar-refractivity contribution in [3.8, 4) is 0 Å². The van der Waals surface area contributed by atoms with Crippen LogP contribution in [0.4, 0.5) is 0 Å². The third kappa shape index (κ3) is 28.0. The van der Waals surface area contributed by atoms with Crippen LogP contribution >= 0.6 is 0 Å². The van der Waals surface area contributed by atoms with Gasteiger partial charge in [-0.2, -0.15) is 0 Å². The van der Waals surface area contributed by atoms with E-state index >= 15 is 0 Å². The van der Waals surface area contributed by atoms with Crippen molar-refractivity contribution < 1.29 is 0 Å². The van der Waals surface area contributed by atoms with Crippen molar-refractivity contribution in [1.82, 2.24) is 5.32 Å². The molecule has 0 rings (SSSR count). The van der Waals surface area contributed by atoms with Gasteiger partial charge >= 0.3 is 0 Å². The average Bonchev–Trinajstić information content (AvgIpc) is 2.76. The van der Waals surface area contributed by atoms with E-state index in [9.17, 15) is 0 Å². The fourth-order valence-electron chi connectivity index (χ4n) is 4.46. The van der Waals surface area contributed by atoms with Crippen molar-refractivity contribution in [2.24, 2.45) is 0 Å². The fraction of sp³-hybridized carbons (Fsp3) is 1.00. The lowest BCUT2D eigenvalue weighted by molar-refractivity contribution is 0.516. The molecule has 0 saturated heterocycles. The van der Waals surface area contributed by atoms with E-state index in [-0.39, 0.29) is 0 Å². The summed E-state index contributed by atoms with van der Waals surface area (Å²) in [6.07, 6.45) is 36.4. The van der Waals surface area contributed by atoms with E-state index in [1.54, 1.807) is 0 Å². The minimum absolute atomic E-state index is 1.22. The average molecular weight is 424 g/mol. The van der Waals surface area contributed by atoms with E-state index in [0.29, 0.717) is 0 Å². The van der Waals surface area contributed by atoms with Crippen LogP contribution < -0.4 is 5.32 Å². The second kappa shape index (κ2) is 29.0. The van der Waals surface area contributed by atoms with Crippen LogP contribution in [0.1, 0.15) is 174 Å². The Morgan fingerprint density at radius 3 is 0.800 bits per heavy atom. The molecule has 0 heterocycles. The van der Waals surface area contributed by atoms with E-state index in [4.69, 9.17) is 0 Å². The normalized spacial score (nSPS) is 11.4. The van der Waals surface area contributed by atoms with Gasteiger partial charge in [0.25, 0.3) is 0 Å². The topological polar surface area (TPSA) is 12.0 Å². The highest BCUT2D eigenvalue weighted by molar-refractivity contribution is 4.52. The maximum absolute atomic E-state index is 3.55. The van der Waals surface area contributed by atoms with Crippen molar-refractivity contribution in [2.75, 3.05) is 13.1 Å². The number of nitrogens with one attached hydrogen (secondary N) is 1. The molecule has 1 nitrogen and oxygen atoms in total. The van der Waals surface area contributed by atoms with E-state index < -0.39 is 0 Å². The van der Waals surface area contributed by atoms with E-state index in [0.717, 1.165) is 0 Å². The predicted octanol–water partition coefficient (Wildman–Crippen LogP) is 10.4. The van der Waals surface area contributed by atoms with Crippen LogP contribution in [0.3, 0.4) is 0 Å². The summed E-state index contributed by atoms with van der Waals surface area (Å²) in [6.45, 7) is 7.02. The largest absolute Gasteiger partial charge is 0.317 e. The second-order valence-corrected chi connectivity index (χ2v) is 9.88. The SMILES string of the molecule is CCCCCCCCCCCCCCCCCCCCCCCCCNCCCC. The third-order valence-corrected chi connectivity index (χ3v) is 6.66. The molecule has 0 aromatic rings. The predicted molar refractivity (Wildman–Crippen MR) is 140 cm³/mol. The zero-order valence-electron chi connectivity index (χ0n) is 21.6. The summed E-state index contributed by atoms with van der Waals surface area (Å²) < 4.78 is 0. The summed E-state index contributed by atoms with van der Waals surface area (Å²) in [5.41, 5.74) is 0. The summed E-state index contributed by atoms with van der Waals surface area (Å²) in [5, 5.41) is 3.55. The molecule has 0 spiro atoms. The first-order valence-corrected chi connectivity index (χ1v) is 14.6. The van der Waals surface area contributed by atoms with Gasteiger partial charge in [0.1, 0.15) is 0 Å². The second-order valence-electron chi connectivity index (χ2n) is 9.88. The molecule has 0 atom stereocenters. The third-order valence-electron chi connectivity index (χ3n) is 6.66. The van der Waals surface area contributed by atoms with Crippen LogP contribution in [0.15, 0.2) is 0 Å². The summed E-state index contributed by atoms with van der Waals surface area (Å²) in [5.74, 6) is 0. The maximum atomic E-state index is 3.55. The first-order chi connectivity index (χ1) is 14.9. The molecule has 30 heavy (non-hydrogen) atoms. The molecule has 1 N–H and O–H groups in total. The van der Waals surface area contributed by atoms with Crippen LogP contribution in [0.2, 0.25) is 0 Å². The van der Waals surface area contributed by atoms with Crippen molar-refractivity contribution >= 4 is 0 Å². The van der Waals surface area contributed by atoms with Crippen LogP contribution in [-0.4, -0.2) is 13.1 Å². The number of rotatable bonds is 27. The van der Waals surface area contributed by atoms with E-state index in [1.165, 1.54) is 174 Å². The zero-order valence-corrected chi connectivity index (χ0v) is 21.6. The minimum Gasteiger partial charge on any atom is -0.317 e. The summed E-state index contributed by atoms with van der Waals surface area (Å²) in [6, 6.07) is 0. The standard InChI is InChI=1S/C29H61N/c1-3-5-7-8-9-10-11-12-13-14-15-16-17-18-19-20-21-22-23-24-25-26-27-29-30-28-6-4-2/h30H,3-29H2,1-2H3. The van der Waals surface area contributed by atoms with Gasteiger partial charge in [-0.1, -0.05) is 162 Å². The summed E-state index contributed by atoms with van der Waals surface area (Å²) in [7, 11) is 0. The molecule has 0 radical (unpaired) electrons. The molecule has 0 aliphatic carbocycles. The van der Waals surface area contributed by atoms with Gasteiger partial charge in [0.2, 0.25) is 0 Å². The molecule has 182 valence electrons. The number of hydrogen-bond donors (Lipinski definition) is 1. The highest BCUT2D eigenvalue weighted by atomic mass is 14.8. The molecule has 0 aliphatic heterocycles. The Kier molecular flexibility index (Phi) is 28.9. The van der Waals surface area contributed by atoms with Gasteiger partial charge in [0, 0.05) is 0 Å². The molecule has 0 fully saturated rings. The number of unbranched alkanes of at least 4 members (excludes halogenated alkanes) is 23. The van der Waals surface area contributed by atoms with Crippen molar-refractivity contribution in [1.29, 1.82) is 0 Å². The van der Waals surface area contributed by atoms with Gasteiger partial charge in [-0.3, -0.25) is 0 Å². The minimum atomic E-state index is 1.22. The Balaban J connectivity index is 2.97. The fourth-order valence-corrected chi connectivity index (χ4v) is 4.46. The molecule has 0 aromatic heterocycles. The molecule has 0 amide bonds. The molecule has 0 aliphatic rings. The van der Waals surface area contributed by atoms with Crippen LogP contribution in [0.5, 0.6) is 0 Å². The molecule has 0 unspecified atom stereocenters. The Bertz CT molecular complexity index is 248. The lowest BCUT2D eigenvalue weighted by atomic mass is 10.0. The van der Waals surface area contributed by atoms with Gasteiger partial charge in [-0.05, 0) is 25.9 Å². The highest BCUT2D eigenvalue weighted by Gasteiger charge is 1.96. The molecule has 1 heteroatoms. The first kappa shape index (κ1) is 30.0. The zero-order chi connectivity index (χ0) is 21.8. The molecular weight excluding hydrogens is 362 g/mol. The molecule has 0 saturated carbocycles. The Hall–Kier alpha value is -0.0400. The van der Waals surface area contributed by atoms with E-state index in [1.807, 2.05) is 0 Å². The van der Waals surface area contributed by atoms with Crippen LogP contribution in [0, 0.1) is 0 Å². The van der Waals surface area contributed by atoms with Crippen LogP contribution in [-0.2, 0) is 0 Å². The Morgan fingerprint density at radius 1 is 0.267 bits per heavy atom. The van der Waals surface area contributed by atoms with Crippen molar-refractivity contribution in [3.05, 3.63) is 0 Å². The first-order valence-electron chi connectivity index (χ1n) is 14.6. The molecular formula is C29H61N. The summed E-state index contributed by atoms with van der Waals surface area (Å²) in [4.78, 5) is 0. The highest BCUT2D eigenvalue weighted by Crippen LogP contribution is 2.15.